The maximum absolute atomic E-state index is 3.96. The zero-order valence-electron chi connectivity index (χ0n) is 5.39. The van der Waals surface area contributed by atoms with E-state index in [2.05, 4.69) is 10.3 Å². The maximum atomic E-state index is 3.96. The molecule has 2 nitrogen and oxygen atoms in total. The van der Waals surface area contributed by atoms with Crippen molar-refractivity contribution in [3.63, 3.8) is 0 Å². The van der Waals surface area contributed by atoms with Crippen LogP contribution >= 0.6 is 0 Å². The predicted molar refractivity (Wildman–Crippen MR) is 37.2 cm³/mol. The van der Waals surface area contributed by atoms with Gasteiger partial charge < -0.3 is 5.32 Å². The zero-order valence-corrected chi connectivity index (χ0v) is 5.39. The molecule has 0 rings (SSSR count). The average Bonchev–Trinajstić information content (AvgIpc) is 1.81. The van der Waals surface area contributed by atoms with Crippen LogP contribution in [0.3, 0.4) is 0 Å². The van der Waals surface area contributed by atoms with Crippen molar-refractivity contribution in [1.29, 1.82) is 0 Å². The molecule has 1 N–H and O–H groups in total. The molecule has 0 aromatic carbocycles. The summed E-state index contributed by atoms with van der Waals surface area (Å²) in [5.41, 5.74) is 0. The molecule has 0 aromatic rings. The highest BCUT2D eigenvalue weighted by Gasteiger charge is 1.63. The van der Waals surface area contributed by atoms with E-state index in [-0.39, 0.29) is 0 Å². The number of rotatable bonds is 3. The summed E-state index contributed by atoms with van der Waals surface area (Å²) in [6.07, 6.45) is 5.62. The monoisotopic (exact) mass is 112 g/mol. The largest absolute Gasteiger partial charge is 0.394 e. The third-order valence-corrected chi connectivity index (χ3v) is 0.678. The predicted octanol–water partition coefficient (Wildman–Crippen LogP) is 0.810. The van der Waals surface area contributed by atoms with Crippen LogP contribution in [0.5, 0.6) is 0 Å². The molecule has 46 valence electrons. The van der Waals surface area contributed by atoms with Crippen LogP contribution in [0.1, 0.15) is 6.92 Å². The standard InChI is InChI=1S/C6H12N2/c1-3-8-6-4-5-7-2/h3-5,7H,6H2,1-2H3/b5-4-,8-3+. The first-order valence-corrected chi connectivity index (χ1v) is 2.68. The van der Waals surface area contributed by atoms with Crippen molar-refractivity contribution in [1.82, 2.24) is 5.32 Å². The number of hydrogen-bond donors (Lipinski definition) is 1. The van der Waals surface area contributed by atoms with Gasteiger partial charge in [-0.3, -0.25) is 4.99 Å². The van der Waals surface area contributed by atoms with Gasteiger partial charge in [0.25, 0.3) is 0 Å². The van der Waals surface area contributed by atoms with Crippen molar-refractivity contribution in [3.05, 3.63) is 12.3 Å². The quantitative estimate of drug-likeness (QED) is 0.537. The number of aliphatic imine (C=N–C) groups is 1. The third-order valence-electron chi connectivity index (χ3n) is 0.678. The van der Waals surface area contributed by atoms with Crippen LogP contribution in [0.2, 0.25) is 0 Å². The van der Waals surface area contributed by atoms with E-state index >= 15 is 0 Å². The van der Waals surface area contributed by atoms with E-state index in [9.17, 15) is 0 Å². The Hall–Kier alpha value is -0.790. The molecule has 0 saturated heterocycles. The van der Waals surface area contributed by atoms with Crippen molar-refractivity contribution in [2.45, 2.75) is 6.92 Å². The summed E-state index contributed by atoms with van der Waals surface area (Å²) < 4.78 is 0. The summed E-state index contributed by atoms with van der Waals surface area (Å²) in [5.74, 6) is 0. The lowest BCUT2D eigenvalue weighted by Gasteiger charge is -1.82. The fraction of sp³-hybridized carbons (Fsp3) is 0.500. The molecule has 0 spiro atoms. The van der Waals surface area contributed by atoms with Crippen LogP contribution in [0, 0.1) is 0 Å². The maximum Gasteiger partial charge on any atom is 0.0583 e. The molecule has 0 saturated carbocycles. The summed E-state index contributed by atoms with van der Waals surface area (Å²) in [6.45, 7) is 2.69. The van der Waals surface area contributed by atoms with Crippen molar-refractivity contribution in [3.8, 4) is 0 Å². The van der Waals surface area contributed by atoms with Gasteiger partial charge in [0.05, 0.1) is 6.54 Å². The zero-order chi connectivity index (χ0) is 6.24. The summed E-state index contributed by atoms with van der Waals surface area (Å²) in [4.78, 5) is 3.96. The second kappa shape index (κ2) is 6.21. The molecule has 0 aliphatic carbocycles. The Morgan fingerprint density at radius 3 is 2.88 bits per heavy atom. The van der Waals surface area contributed by atoms with Crippen molar-refractivity contribution < 1.29 is 0 Å². The minimum Gasteiger partial charge on any atom is -0.394 e. The second-order valence-electron chi connectivity index (χ2n) is 1.31. The van der Waals surface area contributed by atoms with Crippen molar-refractivity contribution in [2.75, 3.05) is 13.6 Å². The van der Waals surface area contributed by atoms with Crippen LogP contribution in [0.15, 0.2) is 17.3 Å². The molecule has 0 aliphatic rings. The Bertz CT molecular complexity index is 84.5. The molecule has 0 aromatic heterocycles. The smallest absolute Gasteiger partial charge is 0.0583 e. The Kier molecular flexibility index (Phi) is 5.60. The fourth-order valence-electron chi connectivity index (χ4n) is 0.337. The molecular formula is C6H12N2. The second-order valence-corrected chi connectivity index (χ2v) is 1.31. The Balaban J connectivity index is 3.03. The highest BCUT2D eigenvalue weighted by Crippen LogP contribution is 1.68. The van der Waals surface area contributed by atoms with Gasteiger partial charge in [0.1, 0.15) is 0 Å². The van der Waals surface area contributed by atoms with Gasteiger partial charge in [-0.2, -0.15) is 0 Å². The van der Waals surface area contributed by atoms with Gasteiger partial charge in [0, 0.05) is 7.05 Å². The number of nitrogens with one attached hydrogen (secondary N) is 1. The molecule has 0 amide bonds. The van der Waals surface area contributed by atoms with E-state index in [1.165, 1.54) is 0 Å². The molecule has 0 fully saturated rings. The number of hydrogen-bond acceptors (Lipinski definition) is 2. The van der Waals surface area contributed by atoms with Gasteiger partial charge in [-0.05, 0) is 25.4 Å². The summed E-state index contributed by atoms with van der Waals surface area (Å²) in [7, 11) is 1.87. The molecule has 0 heterocycles. The van der Waals surface area contributed by atoms with E-state index < -0.39 is 0 Å². The Morgan fingerprint density at radius 1 is 1.62 bits per heavy atom. The SMILES string of the molecule is C/C=N/C/C=C\NC. The molecular weight excluding hydrogens is 100 g/mol. The van der Waals surface area contributed by atoms with E-state index in [1.807, 2.05) is 26.2 Å². The van der Waals surface area contributed by atoms with Crippen LogP contribution in [0.25, 0.3) is 0 Å². The van der Waals surface area contributed by atoms with Gasteiger partial charge in [-0.25, -0.2) is 0 Å². The van der Waals surface area contributed by atoms with E-state index in [1.54, 1.807) is 6.21 Å². The van der Waals surface area contributed by atoms with Crippen molar-refractivity contribution in [2.24, 2.45) is 4.99 Å². The Morgan fingerprint density at radius 2 is 2.38 bits per heavy atom. The van der Waals surface area contributed by atoms with Crippen LogP contribution in [0.4, 0.5) is 0 Å². The first-order valence-electron chi connectivity index (χ1n) is 2.68. The normalized spacial score (nSPS) is 11.2. The molecule has 8 heavy (non-hydrogen) atoms. The van der Waals surface area contributed by atoms with Gasteiger partial charge in [0.2, 0.25) is 0 Å². The molecule has 0 unspecified atom stereocenters. The molecule has 0 atom stereocenters. The third kappa shape index (κ3) is 5.21. The fourth-order valence-corrected chi connectivity index (χ4v) is 0.337. The van der Waals surface area contributed by atoms with Crippen molar-refractivity contribution >= 4 is 6.21 Å². The van der Waals surface area contributed by atoms with Gasteiger partial charge in [-0.1, -0.05) is 0 Å². The average molecular weight is 112 g/mol. The molecule has 0 bridgehead atoms. The minimum absolute atomic E-state index is 0.775. The van der Waals surface area contributed by atoms with E-state index in [0.717, 1.165) is 6.54 Å². The topological polar surface area (TPSA) is 24.4 Å². The van der Waals surface area contributed by atoms with E-state index in [4.69, 9.17) is 0 Å². The van der Waals surface area contributed by atoms with Crippen LogP contribution in [-0.4, -0.2) is 19.8 Å². The summed E-state index contributed by atoms with van der Waals surface area (Å²) in [5, 5.41) is 2.87. The number of nitrogens with zero attached hydrogens (tertiary/aromatic N) is 1. The van der Waals surface area contributed by atoms with Gasteiger partial charge >= 0.3 is 0 Å². The summed E-state index contributed by atoms with van der Waals surface area (Å²) >= 11 is 0. The first-order chi connectivity index (χ1) is 3.91. The highest BCUT2D eigenvalue weighted by molar-refractivity contribution is 5.53. The molecule has 0 radical (unpaired) electrons. The lowest BCUT2D eigenvalue weighted by atomic mass is 10.6. The van der Waals surface area contributed by atoms with Gasteiger partial charge in [0.15, 0.2) is 0 Å². The Labute approximate surface area is 50.3 Å². The minimum atomic E-state index is 0.775. The lowest BCUT2D eigenvalue weighted by molar-refractivity contribution is 1.08. The highest BCUT2D eigenvalue weighted by atomic mass is 14.8. The van der Waals surface area contributed by atoms with Gasteiger partial charge in [-0.15, -0.1) is 0 Å². The van der Waals surface area contributed by atoms with Crippen LogP contribution < -0.4 is 5.32 Å². The van der Waals surface area contributed by atoms with E-state index in [0.29, 0.717) is 0 Å². The first kappa shape index (κ1) is 7.21. The molecule has 2 heteroatoms. The lowest BCUT2D eigenvalue weighted by Crippen LogP contribution is -1.91. The summed E-state index contributed by atoms with van der Waals surface area (Å²) in [6, 6.07) is 0. The van der Waals surface area contributed by atoms with Crippen LogP contribution in [-0.2, 0) is 0 Å². The molecule has 0 aliphatic heterocycles.